The van der Waals surface area contributed by atoms with E-state index in [1.165, 1.54) is 40.8 Å². The summed E-state index contributed by atoms with van der Waals surface area (Å²) in [7, 11) is 1.24. The van der Waals surface area contributed by atoms with E-state index in [-0.39, 0.29) is 46.8 Å². The fraction of sp³-hybridized carbons (Fsp3) is 0.333. The second-order valence-electron chi connectivity index (χ2n) is 9.64. The molecular formula is C27H25Cl2F3N4O4. The average Bonchev–Trinajstić information content (AvgIpc) is 2.88. The Balaban J connectivity index is 1.78. The molecule has 212 valence electrons. The molecule has 0 bridgehead atoms. The molecule has 1 aliphatic heterocycles. The van der Waals surface area contributed by atoms with Crippen molar-refractivity contribution < 1.29 is 27.5 Å². The van der Waals surface area contributed by atoms with Gasteiger partial charge in [-0.2, -0.15) is 13.2 Å². The van der Waals surface area contributed by atoms with Crippen LogP contribution in [0.4, 0.5) is 19.1 Å². The molecule has 0 fully saturated rings. The van der Waals surface area contributed by atoms with E-state index >= 15 is 0 Å². The van der Waals surface area contributed by atoms with Gasteiger partial charge in [-0.05, 0) is 63.6 Å². The maximum atomic E-state index is 13.8. The molecular weight excluding hydrogens is 572 g/mol. The lowest BCUT2D eigenvalue weighted by molar-refractivity contribution is -0.137. The fourth-order valence-electron chi connectivity index (χ4n) is 4.48. The standard InChI is InChI=1S/C27H25Cl2F3N4O4/c1-13(2)33-26-34-21-12-35(23(37)15-5-7-19(28)18(10-15)27(30,31)32)14(3)9-17(21)24(38)36(26)22-8-6-16(11-20(22)29)25(39)40-4/h5-8,10-11,13-14H,9,12H2,1-4H3,(H,33,34)/t14-/m1/s1. The first kappa shape index (κ1) is 29.4. The molecule has 8 nitrogen and oxygen atoms in total. The summed E-state index contributed by atoms with van der Waals surface area (Å²) in [5, 5.41) is 2.72. The van der Waals surface area contributed by atoms with Crippen LogP contribution in [0.3, 0.4) is 0 Å². The quantitative estimate of drug-likeness (QED) is 0.377. The highest BCUT2D eigenvalue weighted by molar-refractivity contribution is 6.32. The van der Waals surface area contributed by atoms with Crippen LogP contribution < -0.4 is 10.9 Å². The molecule has 13 heteroatoms. The molecule has 4 rings (SSSR count). The number of hydrogen-bond acceptors (Lipinski definition) is 6. The highest BCUT2D eigenvalue weighted by Gasteiger charge is 2.36. The molecule has 0 unspecified atom stereocenters. The zero-order valence-corrected chi connectivity index (χ0v) is 23.4. The van der Waals surface area contributed by atoms with Gasteiger partial charge in [0.05, 0.1) is 46.2 Å². The molecule has 1 N–H and O–H groups in total. The van der Waals surface area contributed by atoms with Gasteiger partial charge in [0.2, 0.25) is 5.95 Å². The molecule has 1 aromatic heterocycles. The predicted octanol–water partition coefficient (Wildman–Crippen LogP) is 5.75. The number of halogens is 5. The van der Waals surface area contributed by atoms with Gasteiger partial charge >= 0.3 is 12.1 Å². The largest absolute Gasteiger partial charge is 0.465 e. The van der Waals surface area contributed by atoms with E-state index in [0.29, 0.717) is 11.3 Å². The Bertz CT molecular complexity index is 1560. The molecule has 2 aromatic carbocycles. The molecule has 2 heterocycles. The van der Waals surface area contributed by atoms with Crippen molar-refractivity contribution >= 4 is 41.0 Å². The van der Waals surface area contributed by atoms with Crippen LogP contribution in [0.25, 0.3) is 5.69 Å². The Kier molecular flexibility index (Phi) is 8.18. The van der Waals surface area contributed by atoms with Crippen LogP contribution in [-0.4, -0.2) is 45.5 Å². The molecule has 0 saturated heterocycles. The van der Waals surface area contributed by atoms with Crippen LogP contribution >= 0.6 is 23.2 Å². The Morgan fingerprint density at radius 1 is 1.10 bits per heavy atom. The van der Waals surface area contributed by atoms with Gasteiger partial charge in [-0.3, -0.25) is 9.59 Å². The first-order chi connectivity index (χ1) is 18.7. The zero-order valence-electron chi connectivity index (χ0n) is 21.9. The van der Waals surface area contributed by atoms with E-state index in [2.05, 4.69) is 10.3 Å². The number of fused-ring (bicyclic) bond motifs is 1. The van der Waals surface area contributed by atoms with E-state index in [0.717, 1.165) is 12.1 Å². The minimum Gasteiger partial charge on any atom is -0.465 e. The normalized spacial score (nSPS) is 15.2. The van der Waals surface area contributed by atoms with Gasteiger partial charge in [-0.1, -0.05) is 23.2 Å². The SMILES string of the molecule is COC(=O)c1ccc(-n2c(NC(C)C)nc3c(c2=O)C[C@@H](C)N(C(=O)c2ccc(Cl)c(C(F)(F)F)c2)C3)c(Cl)c1. The topological polar surface area (TPSA) is 93.5 Å². The maximum absolute atomic E-state index is 13.8. The number of aromatic nitrogens is 2. The third kappa shape index (κ3) is 5.66. The van der Waals surface area contributed by atoms with Crippen LogP contribution in [0.5, 0.6) is 0 Å². The Hall–Kier alpha value is -3.57. The first-order valence-electron chi connectivity index (χ1n) is 12.2. The van der Waals surface area contributed by atoms with Crippen molar-refractivity contribution in [2.45, 2.75) is 52.0 Å². The summed E-state index contributed by atoms with van der Waals surface area (Å²) in [6, 6.07) is 6.69. The number of alkyl halides is 3. The zero-order chi connectivity index (χ0) is 29.5. The molecule has 3 aromatic rings. The summed E-state index contributed by atoms with van der Waals surface area (Å²) in [5.41, 5.74) is -0.583. The number of esters is 1. The van der Waals surface area contributed by atoms with E-state index in [1.54, 1.807) is 6.92 Å². The number of carbonyl (C=O) groups is 2. The van der Waals surface area contributed by atoms with Crippen LogP contribution in [-0.2, 0) is 23.9 Å². The fourth-order valence-corrected chi connectivity index (χ4v) is 4.97. The smallest absolute Gasteiger partial charge is 0.417 e. The number of nitrogens with one attached hydrogen (secondary N) is 1. The number of anilines is 1. The Morgan fingerprint density at radius 2 is 1.77 bits per heavy atom. The third-order valence-electron chi connectivity index (χ3n) is 6.42. The molecule has 0 spiro atoms. The molecule has 1 atom stereocenters. The summed E-state index contributed by atoms with van der Waals surface area (Å²) < 4.78 is 46.2. The lowest BCUT2D eigenvalue weighted by Crippen LogP contribution is -2.46. The number of hydrogen-bond donors (Lipinski definition) is 1. The number of benzene rings is 2. The number of nitrogens with zero attached hydrogens (tertiary/aromatic N) is 3. The van der Waals surface area contributed by atoms with Crippen LogP contribution in [0, 0.1) is 0 Å². The van der Waals surface area contributed by atoms with Gasteiger partial charge in [-0.25, -0.2) is 14.3 Å². The lowest BCUT2D eigenvalue weighted by Gasteiger charge is -2.35. The molecule has 0 radical (unpaired) electrons. The van der Waals surface area contributed by atoms with Crippen molar-refractivity contribution in [2.24, 2.45) is 0 Å². The van der Waals surface area contributed by atoms with Gasteiger partial charge in [-0.15, -0.1) is 0 Å². The number of ether oxygens (including phenoxy) is 1. The first-order valence-corrected chi connectivity index (χ1v) is 13.0. The summed E-state index contributed by atoms with van der Waals surface area (Å²) in [5.74, 6) is -1.09. The number of amides is 1. The number of carbonyl (C=O) groups excluding carboxylic acids is 2. The minimum atomic E-state index is -4.73. The Labute approximate surface area is 237 Å². The monoisotopic (exact) mass is 596 g/mol. The molecule has 0 saturated carbocycles. The van der Waals surface area contributed by atoms with Crippen LogP contribution in [0.15, 0.2) is 41.2 Å². The van der Waals surface area contributed by atoms with Gasteiger partial charge in [0, 0.05) is 23.2 Å². The number of methoxy groups -OCH3 is 1. The van der Waals surface area contributed by atoms with Crippen molar-refractivity contribution in [2.75, 3.05) is 12.4 Å². The lowest BCUT2D eigenvalue weighted by atomic mass is 9.98. The highest BCUT2D eigenvalue weighted by Crippen LogP contribution is 2.36. The van der Waals surface area contributed by atoms with Gasteiger partial charge in [0.1, 0.15) is 0 Å². The third-order valence-corrected chi connectivity index (χ3v) is 7.05. The Morgan fingerprint density at radius 3 is 2.38 bits per heavy atom. The summed E-state index contributed by atoms with van der Waals surface area (Å²) in [6.07, 6.45) is -4.62. The maximum Gasteiger partial charge on any atom is 0.417 e. The predicted molar refractivity (Wildman–Crippen MR) is 144 cm³/mol. The van der Waals surface area contributed by atoms with Gasteiger partial charge < -0.3 is 15.0 Å². The van der Waals surface area contributed by atoms with Crippen molar-refractivity contribution in [3.05, 3.63) is 84.7 Å². The van der Waals surface area contributed by atoms with Gasteiger partial charge in [0.25, 0.3) is 11.5 Å². The van der Waals surface area contributed by atoms with E-state index < -0.39 is 40.2 Å². The summed E-state index contributed by atoms with van der Waals surface area (Å²) >= 11 is 12.2. The van der Waals surface area contributed by atoms with Crippen molar-refractivity contribution in [1.29, 1.82) is 0 Å². The molecule has 1 aliphatic rings. The van der Waals surface area contributed by atoms with E-state index in [1.807, 2.05) is 13.8 Å². The van der Waals surface area contributed by atoms with Gasteiger partial charge in [0.15, 0.2) is 0 Å². The second-order valence-corrected chi connectivity index (χ2v) is 10.5. The van der Waals surface area contributed by atoms with Crippen molar-refractivity contribution in [3.8, 4) is 5.69 Å². The average molecular weight is 597 g/mol. The van der Waals surface area contributed by atoms with Crippen LogP contribution in [0.1, 0.15) is 58.3 Å². The molecule has 1 amide bonds. The van der Waals surface area contributed by atoms with E-state index in [9.17, 15) is 27.6 Å². The summed E-state index contributed by atoms with van der Waals surface area (Å²) in [6.45, 7) is 5.28. The van der Waals surface area contributed by atoms with Crippen molar-refractivity contribution in [3.63, 3.8) is 0 Å². The van der Waals surface area contributed by atoms with Crippen molar-refractivity contribution in [1.82, 2.24) is 14.5 Å². The second kappa shape index (κ2) is 11.1. The highest BCUT2D eigenvalue weighted by atomic mass is 35.5. The van der Waals surface area contributed by atoms with Crippen LogP contribution in [0.2, 0.25) is 10.0 Å². The molecule has 0 aliphatic carbocycles. The summed E-state index contributed by atoms with van der Waals surface area (Å²) in [4.78, 5) is 45.1. The molecule has 40 heavy (non-hydrogen) atoms. The number of rotatable bonds is 5. The van der Waals surface area contributed by atoms with E-state index in [4.69, 9.17) is 27.9 Å². The minimum absolute atomic E-state index is 0.100.